The number of nitrogens with two attached hydrogens (primary N) is 1. The lowest BCUT2D eigenvalue weighted by Crippen LogP contribution is -2.21. The third-order valence-electron chi connectivity index (χ3n) is 1.95. The van der Waals surface area contributed by atoms with Gasteiger partial charge in [0.15, 0.2) is 0 Å². The van der Waals surface area contributed by atoms with Gasteiger partial charge in [0.25, 0.3) is 0 Å². The molecular weight excluding hydrogens is 150 g/mol. The molecule has 74 valence electrons. The lowest BCUT2D eigenvalue weighted by Gasteiger charge is -2.13. The Kier molecular flexibility index (Phi) is 7.51. The molecule has 0 amide bonds. The molecular formula is C10H23NO. The molecule has 0 rings (SSSR count). The first-order valence-corrected chi connectivity index (χ1v) is 4.91. The zero-order valence-corrected chi connectivity index (χ0v) is 8.68. The van der Waals surface area contributed by atoms with Crippen LogP contribution in [0.5, 0.6) is 0 Å². The van der Waals surface area contributed by atoms with Crippen molar-refractivity contribution >= 4 is 0 Å². The molecule has 2 heteroatoms. The number of hydrogen-bond acceptors (Lipinski definition) is 2. The van der Waals surface area contributed by atoms with Gasteiger partial charge in [-0.05, 0) is 31.6 Å². The first-order chi connectivity index (χ1) is 5.66. The van der Waals surface area contributed by atoms with E-state index in [1.54, 1.807) is 7.11 Å². The Hall–Kier alpha value is -0.0800. The third-order valence-corrected chi connectivity index (χ3v) is 1.95. The van der Waals surface area contributed by atoms with Crippen LogP contribution in [0, 0.1) is 5.92 Å². The number of methoxy groups -OCH3 is 1. The molecule has 0 aliphatic heterocycles. The first-order valence-electron chi connectivity index (χ1n) is 4.91. The van der Waals surface area contributed by atoms with Crippen molar-refractivity contribution in [3.05, 3.63) is 0 Å². The van der Waals surface area contributed by atoms with Crippen molar-refractivity contribution in [2.24, 2.45) is 11.7 Å². The van der Waals surface area contributed by atoms with E-state index in [2.05, 4.69) is 13.8 Å². The smallest absolute Gasteiger partial charge is 0.0462 e. The Balaban J connectivity index is 3.14. The number of ether oxygens (including phenoxy) is 1. The molecule has 1 atom stereocenters. The van der Waals surface area contributed by atoms with Crippen molar-refractivity contribution in [3.63, 3.8) is 0 Å². The van der Waals surface area contributed by atoms with Crippen LogP contribution in [0.4, 0.5) is 0 Å². The summed E-state index contributed by atoms with van der Waals surface area (Å²) >= 11 is 0. The fraction of sp³-hybridized carbons (Fsp3) is 1.00. The minimum absolute atomic E-state index is 0.391. The van der Waals surface area contributed by atoms with Crippen molar-refractivity contribution < 1.29 is 4.74 Å². The second kappa shape index (κ2) is 7.56. The summed E-state index contributed by atoms with van der Waals surface area (Å²) in [5, 5.41) is 0. The van der Waals surface area contributed by atoms with Crippen LogP contribution in [-0.4, -0.2) is 19.8 Å². The molecule has 0 saturated carbocycles. The van der Waals surface area contributed by atoms with Crippen LogP contribution in [0.15, 0.2) is 0 Å². The van der Waals surface area contributed by atoms with Gasteiger partial charge < -0.3 is 10.5 Å². The molecule has 0 aromatic heterocycles. The van der Waals surface area contributed by atoms with Crippen molar-refractivity contribution in [1.82, 2.24) is 0 Å². The van der Waals surface area contributed by atoms with Crippen LogP contribution in [-0.2, 0) is 4.74 Å². The quantitative estimate of drug-likeness (QED) is 0.599. The first kappa shape index (κ1) is 11.9. The Morgan fingerprint density at radius 1 is 1.25 bits per heavy atom. The Morgan fingerprint density at radius 3 is 2.42 bits per heavy atom. The normalized spacial score (nSPS) is 13.8. The fourth-order valence-electron chi connectivity index (χ4n) is 1.38. The van der Waals surface area contributed by atoms with E-state index in [4.69, 9.17) is 10.5 Å². The zero-order chi connectivity index (χ0) is 9.40. The molecule has 2 N–H and O–H groups in total. The van der Waals surface area contributed by atoms with E-state index in [1.807, 2.05) is 0 Å². The second-order valence-corrected chi connectivity index (χ2v) is 3.88. The molecule has 2 nitrogen and oxygen atoms in total. The summed E-state index contributed by atoms with van der Waals surface area (Å²) in [4.78, 5) is 0. The zero-order valence-electron chi connectivity index (χ0n) is 8.68. The third kappa shape index (κ3) is 8.02. The van der Waals surface area contributed by atoms with Crippen LogP contribution >= 0.6 is 0 Å². The van der Waals surface area contributed by atoms with Gasteiger partial charge in [-0.15, -0.1) is 0 Å². The molecule has 1 unspecified atom stereocenters. The van der Waals surface area contributed by atoms with Gasteiger partial charge in [-0.2, -0.15) is 0 Å². The molecule has 0 heterocycles. The number of hydrogen-bond donors (Lipinski definition) is 1. The van der Waals surface area contributed by atoms with E-state index in [1.165, 1.54) is 6.42 Å². The highest BCUT2D eigenvalue weighted by Crippen LogP contribution is 2.08. The molecule has 12 heavy (non-hydrogen) atoms. The van der Waals surface area contributed by atoms with E-state index in [0.29, 0.717) is 6.04 Å². The summed E-state index contributed by atoms with van der Waals surface area (Å²) in [5.41, 5.74) is 5.92. The average Bonchev–Trinajstić information content (AvgIpc) is 1.97. The molecule has 0 radical (unpaired) electrons. The molecule has 0 aromatic rings. The maximum Gasteiger partial charge on any atom is 0.0462 e. The van der Waals surface area contributed by atoms with Crippen LogP contribution in [0.3, 0.4) is 0 Å². The van der Waals surface area contributed by atoms with Crippen molar-refractivity contribution in [2.45, 2.75) is 45.6 Å². The maximum absolute atomic E-state index is 5.92. The average molecular weight is 173 g/mol. The molecule has 0 aliphatic carbocycles. The van der Waals surface area contributed by atoms with Gasteiger partial charge in [0.2, 0.25) is 0 Å². The highest BCUT2D eigenvalue weighted by atomic mass is 16.5. The predicted molar refractivity (Wildman–Crippen MR) is 53.2 cm³/mol. The number of rotatable bonds is 7. The van der Waals surface area contributed by atoms with Crippen molar-refractivity contribution in [3.8, 4) is 0 Å². The van der Waals surface area contributed by atoms with Crippen molar-refractivity contribution in [1.29, 1.82) is 0 Å². The standard InChI is InChI=1S/C10H23NO/c1-9(2)8-10(11)6-4-5-7-12-3/h9-10H,4-8,11H2,1-3H3. The topological polar surface area (TPSA) is 35.2 Å². The molecule has 0 aliphatic rings. The van der Waals surface area contributed by atoms with Gasteiger partial charge in [0.1, 0.15) is 0 Å². The predicted octanol–water partition coefficient (Wildman–Crippen LogP) is 2.18. The van der Waals surface area contributed by atoms with Gasteiger partial charge in [-0.1, -0.05) is 13.8 Å². The Labute approximate surface area is 76.5 Å². The molecule has 0 saturated heterocycles. The summed E-state index contributed by atoms with van der Waals surface area (Å²) in [6.07, 6.45) is 4.62. The van der Waals surface area contributed by atoms with E-state index in [-0.39, 0.29) is 0 Å². The van der Waals surface area contributed by atoms with Gasteiger partial charge >= 0.3 is 0 Å². The minimum atomic E-state index is 0.391. The van der Waals surface area contributed by atoms with Crippen LogP contribution in [0.2, 0.25) is 0 Å². The van der Waals surface area contributed by atoms with Crippen LogP contribution in [0.25, 0.3) is 0 Å². The van der Waals surface area contributed by atoms with E-state index < -0.39 is 0 Å². The van der Waals surface area contributed by atoms with Gasteiger partial charge in [-0.3, -0.25) is 0 Å². The highest BCUT2D eigenvalue weighted by molar-refractivity contribution is 4.63. The second-order valence-electron chi connectivity index (χ2n) is 3.88. The summed E-state index contributed by atoms with van der Waals surface area (Å²) < 4.78 is 4.96. The van der Waals surface area contributed by atoms with Crippen LogP contribution < -0.4 is 5.73 Å². The molecule has 0 bridgehead atoms. The monoisotopic (exact) mass is 173 g/mol. The largest absolute Gasteiger partial charge is 0.385 e. The van der Waals surface area contributed by atoms with Gasteiger partial charge in [0.05, 0.1) is 0 Å². The van der Waals surface area contributed by atoms with Crippen LogP contribution in [0.1, 0.15) is 39.5 Å². The maximum atomic E-state index is 5.92. The van der Waals surface area contributed by atoms with Gasteiger partial charge in [-0.25, -0.2) is 0 Å². The minimum Gasteiger partial charge on any atom is -0.385 e. The summed E-state index contributed by atoms with van der Waals surface area (Å²) in [5.74, 6) is 0.724. The molecule has 0 aromatic carbocycles. The van der Waals surface area contributed by atoms with Crippen molar-refractivity contribution in [2.75, 3.05) is 13.7 Å². The lowest BCUT2D eigenvalue weighted by molar-refractivity contribution is 0.191. The molecule has 0 fully saturated rings. The highest BCUT2D eigenvalue weighted by Gasteiger charge is 2.04. The Bertz CT molecular complexity index is 93.8. The summed E-state index contributed by atoms with van der Waals surface area (Å²) in [6.45, 7) is 5.30. The fourth-order valence-corrected chi connectivity index (χ4v) is 1.38. The molecule has 0 spiro atoms. The Morgan fingerprint density at radius 2 is 1.92 bits per heavy atom. The van der Waals surface area contributed by atoms with E-state index in [0.717, 1.165) is 31.8 Å². The number of unbranched alkanes of at least 4 members (excludes halogenated alkanes) is 1. The van der Waals surface area contributed by atoms with Gasteiger partial charge in [0, 0.05) is 19.8 Å². The lowest BCUT2D eigenvalue weighted by atomic mass is 10.00. The van der Waals surface area contributed by atoms with E-state index >= 15 is 0 Å². The summed E-state index contributed by atoms with van der Waals surface area (Å²) in [7, 11) is 1.74. The summed E-state index contributed by atoms with van der Waals surface area (Å²) in [6, 6.07) is 0.391. The van der Waals surface area contributed by atoms with E-state index in [9.17, 15) is 0 Å². The SMILES string of the molecule is COCCCCC(N)CC(C)C.